The topological polar surface area (TPSA) is 26.3 Å². The average Bonchev–Trinajstić information content (AvgIpc) is 2.39. The minimum Gasteiger partial charge on any atom is -0.497 e. The lowest BCUT2D eigenvalue weighted by atomic mass is 9.94. The molecule has 0 radical (unpaired) electrons. The normalized spacial score (nSPS) is 12.1. The van der Waals surface area contributed by atoms with Crippen molar-refractivity contribution < 1.29 is 9.53 Å². The first-order valence-electron chi connectivity index (χ1n) is 6.41. The number of hydrogen-bond acceptors (Lipinski definition) is 2. The number of unbranched alkanes of at least 4 members (excludes halogenated alkanes) is 3. The molecule has 0 amide bonds. The van der Waals surface area contributed by atoms with E-state index in [1.807, 2.05) is 24.3 Å². The number of methoxy groups -OCH3 is 1. The molecule has 0 heterocycles. The summed E-state index contributed by atoms with van der Waals surface area (Å²) in [6.45, 7) is 2.20. The van der Waals surface area contributed by atoms with Crippen molar-refractivity contribution in [3.8, 4) is 5.75 Å². The molecule has 0 spiro atoms. The van der Waals surface area contributed by atoms with E-state index in [9.17, 15) is 4.79 Å². The fourth-order valence-electron chi connectivity index (χ4n) is 1.96. The average molecular weight is 234 g/mol. The summed E-state index contributed by atoms with van der Waals surface area (Å²) < 4.78 is 5.11. The summed E-state index contributed by atoms with van der Waals surface area (Å²) in [5.41, 5.74) is 1.09. The number of rotatable bonds is 8. The summed E-state index contributed by atoms with van der Waals surface area (Å²) in [4.78, 5) is 11.1. The minimum absolute atomic E-state index is 0.0396. The van der Waals surface area contributed by atoms with Crippen molar-refractivity contribution in [3.05, 3.63) is 29.8 Å². The van der Waals surface area contributed by atoms with Gasteiger partial charge in [0.25, 0.3) is 0 Å². The van der Waals surface area contributed by atoms with Crippen LogP contribution in [-0.2, 0) is 4.79 Å². The fourth-order valence-corrected chi connectivity index (χ4v) is 1.96. The van der Waals surface area contributed by atoms with E-state index in [0.717, 1.165) is 30.4 Å². The van der Waals surface area contributed by atoms with Crippen LogP contribution in [0.5, 0.6) is 5.75 Å². The van der Waals surface area contributed by atoms with Crippen molar-refractivity contribution in [1.29, 1.82) is 0 Å². The van der Waals surface area contributed by atoms with Crippen LogP contribution >= 0.6 is 0 Å². The van der Waals surface area contributed by atoms with Crippen molar-refractivity contribution in [2.75, 3.05) is 7.11 Å². The Labute approximate surface area is 104 Å². The van der Waals surface area contributed by atoms with E-state index in [-0.39, 0.29) is 5.92 Å². The molecule has 0 fully saturated rings. The Bertz CT molecular complexity index is 316. The zero-order valence-corrected chi connectivity index (χ0v) is 10.8. The number of benzene rings is 1. The van der Waals surface area contributed by atoms with Gasteiger partial charge in [0.05, 0.1) is 7.11 Å². The van der Waals surface area contributed by atoms with E-state index in [1.54, 1.807) is 7.11 Å². The van der Waals surface area contributed by atoms with Crippen molar-refractivity contribution in [2.24, 2.45) is 0 Å². The first kappa shape index (κ1) is 13.8. The lowest BCUT2D eigenvalue weighted by molar-refractivity contribution is -0.109. The van der Waals surface area contributed by atoms with Gasteiger partial charge in [0.15, 0.2) is 0 Å². The minimum atomic E-state index is 0.0396. The maximum absolute atomic E-state index is 11.1. The Morgan fingerprint density at radius 3 is 2.41 bits per heavy atom. The van der Waals surface area contributed by atoms with Gasteiger partial charge in [-0.2, -0.15) is 0 Å². The Morgan fingerprint density at radius 1 is 1.18 bits per heavy atom. The van der Waals surface area contributed by atoms with Gasteiger partial charge in [-0.1, -0.05) is 44.7 Å². The molecule has 2 nitrogen and oxygen atoms in total. The second kappa shape index (κ2) is 7.88. The molecule has 1 aromatic carbocycles. The molecule has 0 aliphatic heterocycles. The van der Waals surface area contributed by atoms with Gasteiger partial charge in [-0.25, -0.2) is 0 Å². The van der Waals surface area contributed by atoms with Gasteiger partial charge >= 0.3 is 0 Å². The number of carbonyl (C=O) groups is 1. The van der Waals surface area contributed by atoms with Gasteiger partial charge in [0.2, 0.25) is 0 Å². The summed E-state index contributed by atoms with van der Waals surface area (Å²) in [5.74, 6) is 0.877. The van der Waals surface area contributed by atoms with E-state index in [0.29, 0.717) is 0 Å². The van der Waals surface area contributed by atoms with Gasteiger partial charge in [-0.05, 0) is 24.1 Å². The van der Waals surface area contributed by atoms with E-state index < -0.39 is 0 Å². The molecular formula is C15H22O2. The standard InChI is InChI=1S/C15H22O2/c1-3-4-5-6-7-14(12-16)13-8-10-15(17-2)11-9-13/h8-12,14H,3-7H2,1-2H3. The van der Waals surface area contributed by atoms with Crippen LogP contribution in [0.25, 0.3) is 0 Å². The third-order valence-electron chi connectivity index (χ3n) is 3.08. The highest BCUT2D eigenvalue weighted by Gasteiger charge is 2.09. The summed E-state index contributed by atoms with van der Waals surface area (Å²) >= 11 is 0. The Balaban J connectivity index is 2.50. The van der Waals surface area contributed by atoms with Gasteiger partial charge in [0, 0.05) is 5.92 Å². The van der Waals surface area contributed by atoms with E-state index in [4.69, 9.17) is 4.74 Å². The van der Waals surface area contributed by atoms with E-state index >= 15 is 0 Å². The first-order chi connectivity index (χ1) is 8.31. The van der Waals surface area contributed by atoms with Crippen LogP contribution in [0, 0.1) is 0 Å². The van der Waals surface area contributed by atoms with Crippen molar-refractivity contribution in [3.63, 3.8) is 0 Å². The van der Waals surface area contributed by atoms with Crippen LogP contribution in [0.1, 0.15) is 50.5 Å². The van der Waals surface area contributed by atoms with Gasteiger partial charge in [-0.3, -0.25) is 0 Å². The molecule has 1 aromatic rings. The van der Waals surface area contributed by atoms with E-state index in [2.05, 4.69) is 6.92 Å². The molecule has 17 heavy (non-hydrogen) atoms. The maximum atomic E-state index is 11.1. The van der Waals surface area contributed by atoms with Crippen LogP contribution < -0.4 is 4.74 Å². The lowest BCUT2D eigenvalue weighted by Gasteiger charge is -2.11. The zero-order chi connectivity index (χ0) is 12.5. The molecule has 94 valence electrons. The van der Waals surface area contributed by atoms with Crippen molar-refractivity contribution in [2.45, 2.75) is 44.9 Å². The number of carbonyl (C=O) groups excluding carboxylic acids is 1. The first-order valence-corrected chi connectivity index (χ1v) is 6.41. The summed E-state index contributed by atoms with van der Waals surface area (Å²) in [6.07, 6.45) is 6.85. The SMILES string of the molecule is CCCCCCC(C=O)c1ccc(OC)cc1. The zero-order valence-electron chi connectivity index (χ0n) is 10.8. The third kappa shape index (κ3) is 4.59. The van der Waals surface area contributed by atoms with Crippen LogP contribution in [0.2, 0.25) is 0 Å². The van der Waals surface area contributed by atoms with Gasteiger partial charge < -0.3 is 9.53 Å². The quantitative estimate of drug-likeness (QED) is 0.503. The van der Waals surface area contributed by atoms with Gasteiger partial charge in [0.1, 0.15) is 12.0 Å². The van der Waals surface area contributed by atoms with Crippen LogP contribution in [0.3, 0.4) is 0 Å². The van der Waals surface area contributed by atoms with Crippen LogP contribution in [-0.4, -0.2) is 13.4 Å². The second-order valence-electron chi connectivity index (χ2n) is 4.37. The molecule has 2 heteroatoms. The van der Waals surface area contributed by atoms with Crippen LogP contribution in [0.4, 0.5) is 0 Å². The summed E-state index contributed by atoms with van der Waals surface area (Å²) in [6, 6.07) is 7.80. The summed E-state index contributed by atoms with van der Waals surface area (Å²) in [7, 11) is 1.65. The predicted octanol–water partition coefficient (Wildman–Crippen LogP) is 3.95. The molecule has 1 atom stereocenters. The molecule has 1 unspecified atom stereocenters. The molecule has 0 bridgehead atoms. The number of ether oxygens (including phenoxy) is 1. The number of hydrogen-bond donors (Lipinski definition) is 0. The Kier molecular flexibility index (Phi) is 6.38. The maximum Gasteiger partial charge on any atom is 0.127 e. The smallest absolute Gasteiger partial charge is 0.127 e. The monoisotopic (exact) mass is 234 g/mol. The molecule has 0 aromatic heterocycles. The predicted molar refractivity (Wildman–Crippen MR) is 70.6 cm³/mol. The Hall–Kier alpha value is -1.31. The largest absolute Gasteiger partial charge is 0.497 e. The number of aldehydes is 1. The molecular weight excluding hydrogens is 212 g/mol. The second-order valence-corrected chi connectivity index (χ2v) is 4.37. The molecule has 0 aliphatic carbocycles. The summed E-state index contributed by atoms with van der Waals surface area (Å²) in [5, 5.41) is 0. The molecule has 0 N–H and O–H groups in total. The Morgan fingerprint density at radius 2 is 1.88 bits per heavy atom. The van der Waals surface area contributed by atoms with Gasteiger partial charge in [-0.15, -0.1) is 0 Å². The lowest BCUT2D eigenvalue weighted by Crippen LogP contribution is -2.00. The molecule has 0 saturated carbocycles. The fraction of sp³-hybridized carbons (Fsp3) is 0.533. The van der Waals surface area contributed by atoms with Crippen molar-refractivity contribution >= 4 is 6.29 Å². The van der Waals surface area contributed by atoms with Crippen molar-refractivity contribution in [1.82, 2.24) is 0 Å². The molecule has 1 rings (SSSR count). The molecule has 0 saturated heterocycles. The highest BCUT2D eigenvalue weighted by atomic mass is 16.5. The van der Waals surface area contributed by atoms with E-state index in [1.165, 1.54) is 19.3 Å². The molecule has 0 aliphatic rings. The van der Waals surface area contributed by atoms with Crippen LogP contribution in [0.15, 0.2) is 24.3 Å². The highest BCUT2D eigenvalue weighted by molar-refractivity contribution is 5.62. The third-order valence-corrected chi connectivity index (χ3v) is 3.08. The highest BCUT2D eigenvalue weighted by Crippen LogP contribution is 2.23.